The summed E-state index contributed by atoms with van der Waals surface area (Å²) >= 11 is 0. The molecule has 0 fully saturated rings. The van der Waals surface area contributed by atoms with Crippen molar-refractivity contribution in [2.75, 3.05) is 27.4 Å². The van der Waals surface area contributed by atoms with E-state index < -0.39 is 5.79 Å². The third-order valence-corrected chi connectivity index (χ3v) is 3.49. The SMILES string of the molecule is CCCCCCCCC(CCOCC)(OC)OC. The summed E-state index contributed by atoms with van der Waals surface area (Å²) in [5.41, 5.74) is 0. The average molecular weight is 260 g/mol. The van der Waals surface area contributed by atoms with Crippen LogP contribution in [0.3, 0.4) is 0 Å². The second-order valence-electron chi connectivity index (χ2n) is 4.78. The van der Waals surface area contributed by atoms with Gasteiger partial charge < -0.3 is 14.2 Å². The predicted octanol–water partition coefficient (Wildman–Crippen LogP) is 4.15. The second-order valence-corrected chi connectivity index (χ2v) is 4.78. The molecule has 3 nitrogen and oxygen atoms in total. The van der Waals surface area contributed by atoms with Crippen molar-refractivity contribution >= 4 is 0 Å². The van der Waals surface area contributed by atoms with Gasteiger partial charge in [-0.15, -0.1) is 0 Å². The van der Waals surface area contributed by atoms with Gasteiger partial charge in [0.1, 0.15) is 0 Å². The first-order chi connectivity index (χ1) is 8.74. The van der Waals surface area contributed by atoms with E-state index in [0.717, 1.165) is 25.9 Å². The smallest absolute Gasteiger partial charge is 0.169 e. The molecule has 0 heterocycles. The summed E-state index contributed by atoms with van der Waals surface area (Å²) in [5.74, 6) is -0.445. The quantitative estimate of drug-likeness (QED) is 0.368. The zero-order valence-corrected chi connectivity index (χ0v) is 12.8. The topological polar surface area (TPSA) is 27.7 Å². The molecule has 0 aliphatic carbocycles. The number of ether oxygens (including phenoxy) is 3. The first-order valence-corrected chi connectivity index (χ1v) is 7.42. The lowest BCUT2D eigenvalue weighted by Crippen LogP contribution is -2.35. The van der Waals surface area contributed by atoms with Gasteiger partial charge >= 0.3 is 0 Å². The molecular formula is C15H32O3. The highest BCUT2D eigenvalue weighted by atomic mass is 16.7. The Balaban J connectivity index is 3.79. The van der Waals surface area contributed by atoms with E-state index in [0.29, 0.717) is 6.61 Å². The fourth-order valence-electron chi connectivity index (χ4n) is 2.16. The standard InChI is InChI=1S/C15H32O3/c1-5-7-8-9-10-11-12-15(16-3,17-4)13-14-18-6-2/h5-14H2,1-4H3. The lowest BCUT2D eigenvalue weighted by Gasteiger charge is -2.31. The van der Waals surface area contributed by atoms with E-state index in [1.54, 1.807) is 14.2 Å². The van der Waals surface area contributed by atoms with Crippen molar-refractivity contribution in [2.45, 2.75) is 71.0 Å². The minimum absolute atomic E-state index is 0.445. The van der Waals surface area contributed by atoms with Gasteiger partial charge in [-0.3, -0.25) is 0 Å². The van der Waals surface area contributed by atoms with Crippen molar-refractivity contribution in [3.05, 3.63) is 0 Å². The maximum atomic E-state index is 5.56. The fraction of sp³-hybridized carbons (Fsp3) is 1.00. The molecule has 0 unspecified atom stereocenters. The van der Waals surface area contributed by atoms with Crippen LogP contribution in [0, 0.1) is 0 Å². The summed E-state index contributed by atoms with van der Waals surface area (Å²) in [6.45, 7) is 5.71. The number of methoxy groups -OCH3 is 2. The van der Waals surface area contributed by atoms with Gasteiger partial charge in [0, 0.05) is 33.7 Å². The fourth-order valence-corrected chi connectivity index (χ4v) is 2.16. The Morgan fingerprint density at radius 2 is 1.39 bits per heavy atom. The monoisotopic (exact) mass is 260 g/mol. The lowest BCUT2D eigenvalue weighted by molar-refractivity contribution is -0.221. The molecule has 0 aromatic heterocycles. The largest absolute Gasteiger partial charge is 0.382 e. The Labute approximate surface area is 113 Å². The number of unbranched alkanes of at least 4 members (excludes halogenated alkanes) is 5. The Bertz CT molecular complexity index is 167. The second kappa shape index (κ2) is 11.9. The third kappa shape index (κ3) is 8.06. The molecule has 0 rings (SSSR count). The molecule has 0 amide bonds. The molecule has 0 saturated heterocycles. The minimum atomic E-state index is -0.445. The molecule has 0 spiro atoms. The van der Waals surface area contributed by atoms with Crippen LogP contribution in [0.2, 0.25) is 0 Å². The molecule has 18 heavy (non-hydrogen) atoms. The predicted molar refractivity (Wildman–Crippen MR) is 75.9 cm³/mol. The van der Waals surface area contributed by atoms with Crippen molar-refractivity contribution in [2.24, 2.45) is 0 Å². The third-order valence-electron chi connectivity index (χ3n) is 3.49. The molecule has 0 aromatic carbocycles. The van der Waals surface area contributed by atoms with Crippen LogP contribution < -0.4 is 0 Å². The number of rotatable bonds is 13. The van der Waals surface area contributed by atoms with E-state index in [-0.39, 0.29) is 0 Å². The lowest BCUT2D eigenvalue weighted by atomic mass is 10.0. The molecule has 0 radical (unpaired) electrons. The molecule has 0 bridgehead atoms. The number of hydrogen-bond donors (Lipinski definition) is 0. The van der Waals surface area contributed by atoms with Crippen LogP contribution in [-0.2, 0) is 14.2 Å². The van der Waals surface area contributed by atoms with Crippen molar-refractivity contribution in [1.82, 2.24) is 0 Å². The molecule has 110 valence electrons. The van der Waals surface area contributed by atoms with E-state index in [1.807, 2.05) is 6.92 Å². The highest BCUT2D eigenvalue weighted by Crippen LogP contribution is 2.24. The summed E-state index contributed by atoms with van der Waals surface area (Å²) in [7, 11) is 3.46. The van der Waals surface area contributed by atoms with Gasteiger partial charge in [0.2, 0.25) is 0 Å². The van der Waals surface area contributed by atoms with Crippen LogP contribution in [0.15, 0.2) is 0 Å². The van der Waals surface area contributed by atoms with Crippen molar-refractivity contribution in [3.8, 4) is 0 Å². The Morgan fingerprint density at radius 3 is 1.94 bits per heavy atom. The van der Waals surface area contributed by atoms with Gasteiger partial charge in [-0.1, -0.05) is 39.0 Å². The number of hydrogen-bond acceptors (Lipinski definition) is 3. The van der Waals surface area contributed by atoms with Crippen LogP contribution in [0.4, 0.5) is 0 Å². The van der Waals surface area contributed by atoms with Crippen molar-refractivity contribution < 1.29 is 14.2 Å². The highest BCUT2D eigenvalue weighted by molar-refractivity contribution is 4.69. The maximum Gasteiger partial charge on any atom is 0.169 e. The molecule has 0 saturated carbocycles. The van der Waals surface area contributed by atoms with Crippen LogP contribution in [0.5, 0.6) is 0 Å². The molecule has 0 aliphatic rings. The Morgan fingerprint density at radius 1 is 0.778 bits per heavy atom. The Hall–Kier alpha value is -0.120. The summed E-state index contributed by atoms with van der Waals surface area (Å²) < 4.78 is 16.5. The summed E-state index contributed by atoms with van der Waals surface area (Å²) in [6, 6.07) is 0. The van der Waals surface area contributed by atoms with E-state index in [2.05, 4.69) is 6.92 Å². The van der Waals surface area contributed by atoms with E-state index >= 15 is 0 Å². The zero-order valence-electron chi connectivity index (χ0n) is 12.8. The van der Waals surface area contributed by atoms with Crippen LogP contribution in [0.25, 0.3) is 0 Å². The summed E-state index contributed by atoms with van der Waals surface area (Å²) in [4.78, 5) is 0. The van der Waals surface area contributed by atoms with Crippen LogP contribution in [-0.4, -0.2) is 33.2 Å². The summed E-state index contributed by atoms with van der Waals surface area (Å²) in [6.07, 6.45) is 9.52. The van der Waals surface area contributed by atoms with Gasteiger partial charge in [0.05, 0.1) is 6.61 Å². The minimum Gasteiger partial charge on any atom is -0.382 e. The molecule has 0 aromatic rings. The average Bonchev–Trinajstić information content (AvgIpc) is 2.41. The van der Waals surface area contributed by atoms with Gasteiger partial charge in [-0.2, -0.15) is 0 Å². The van der Waals surface area contributed by atoms with Crippen LogP contribution in [0.1, 0.15) is 65.2 Å². The van der Waals surface area contributed by atoms with Gasteiger partial charge in [-0.05, 0) is 13.3 Å². The maximum absolute atomic E-state index is 5.56. The van der Waals surface area contributed by atoms with Gasteiger partial charge in [0.15, 0.2) is 5.79 Å². The van der Waals surface area contributed by atoms with Crippen LogP contribution >= 0.6 is 0 Å². The molecule has 3 heteroatoms. The normalized spacial score (nSPS) is 12.0. The molecular weight excluding hydrogens is 228 g/mol. The van der Waals surface area contributed by atoms with E-state index in [9.17, 15) is 0 Å². The molecule has 0 atom stereocenters. The van der Waals surface area contributed by atoms with E-state index in [4.69, 9.17) is 14.2 Å². The highest BCUT2D eigenvalue weighted by Gasteiger charge is 2.28. The van der Waals surface area contributed by atoms with Crippen molar-refractivity contribution in [3.63, 3.8) is 0 Å². The first-order valence-electron chi connectivity index (χ1n) is 7.42. The van der Waals surface area contributed by atoms with Crippen molar-refractivity contribution in [1.29, 1.82) is 0 Å². The van der Waals surface area contributed by atoms with E-state index in [1.165, 1.54) is 32.1 Å². The Kier molecular flexibility index (Phi) is 11.9. The summed E-state index contributed by atoms with van der Waals surface area (Å²) in [5, 5.41) is 0. The van der Waals surface area contributed by atoms with Gasteiger partial charge in [0.25, 0.3) is 0 Å². The first kappa shape index (κ1) is 17.9. The molecule has 0 N–H and O–H groups in total. The van der Waals surface area contributed by atoms with Gasteiger partial charge in [-0.25, -0.2) is 0 Å². The molecule has 0 aliphatic heterocycles. The zero-order chi connectivity index (χ0) is 13.7.